The van der Waals surface area contributed by atoms with Crippen LogP contribution in [0.3, 0.4) is 0 Å². The van der Waals surface area contributed by atoms with Crippen molar-refractivity contribution < 1.29 is 9.21 Å². The third-order valence-electron chi connectivity index (χ3n) is 3.79. The lowest BCUT2D eigenvalue weighted by Gasteiger charge is -2.22. The number of nitrogens with two attached hydrogens (primary N) is 1. The molecule has 0 aliphatic carbocycles. The van der Waals surface area contributed by atoms with Crippen molar-refractivity contribution in [2.45, 2.75) is 26.3 Å². The fourth-order valence-corrected chi connectivity index (χ4v) is 2.04. The summed E-state index contributed by atoms with van der Waals surface area (Å²) in [4.78, 5) is 13.9. The van der Waals surface area contributed by atoms with Gasteiger partial charge in [-0.3, -0.25) is 4.79 Å². The van der Waals surface area contributed by atoms with Gasteiger partial charge in [0.25, 0.3) is 5.91 Å². The minimum atomic E-state index is -0.149. The summed E-state index contributed by atoms with van der Waals surface area (Å²) in [5, 5.41) is 0. The maximum absolute atomic E-state index is 12.3. The Morgan fingerprint density at radius 1 is 1.23 bits per heavy atom. The van der Waals surface area contributed by atoms with Crippen LogP contribution in [0.4, 0.5) is 0 Å². The molecule has 2 aromatic rings. The average molecular weight is 323 g/mol. The molecule has 0 spiro atoms. The van der Waals surface area contributed by atoms with E-state index in [-0.39, 0.29) is 24.4 Å². The highest BCUT2D eigenvalue weighted by atomic mass is 35.5. The van der Waals surface area contributed by atoms with Gasteiger partial charge in [-0.2, -0.15) is 0 Å². The van der Waals surface area contributed by atoms with Crippen LogP contribution in [-0.2, 0) is 6.42 Å². The Labute approximate surface area is 137 Å². The van der Waals surface area contributed by atoms with Crippen LogP contribution in [0.25, 0.3) is 11.3 Å². The Morgan fingerprint density at radius 2 is 1.86 bits per heavy atom. The molecule has 1 unspecified atom stereocenters. The number of aryl methyl sites for hydroxylation is 1. The predicted octanol–water partition coefficient (Wildman–Crippen LogP) is 3.35. The number of nitrogens with zero attached hydrogens (tertiary/aromatic N) is 1. The van der Waals surface area contributed by atoms with Crippen molar-refractivity contribution in [2.75, 3.05) is 13.6 Å². The summed E-state index contributed by atoms with van der Waals surface area (Å²) in [6.07, 6.45) is 1.00. The lowest BCUT2D eigenvalue weighted by Crippen LogP contribution is -2.39. The van der Waals surface area contributed by atoms with Gasteiger partial charge in [-0.1, -0.05) is 31.2 Å². The molecule has 0 saturated carbocycles. The van der Waals surface area contributed by atoms with E-state index in [2.05, 4.69) is 19.1 Å². The summed E-state index contributed by atoms with van der Waals surface area (Å²) >= 11 is 0. The van der Waals surface area contributed by atoms with Crippen molar-refractivity contribution in [3.05, 3.63) is 47.7 Å². The number of furan rings is 1. The van der Waals surface area contributed by atoms with Gasteiger partial charge in [0, 0.05) is 25.2 Å². The standard InChI is InChI=1S/C17H22N2O2.ClH/c1-4-13-5-7-14(8-6-13)15-9-10-16(21-15)17(20)19(3)12(2)11-18;/h5-10,12H,4,11,18H2,1-3H3;1H. The summed E-state index contributed by atoms with van der Waals surface area (Å²) in [7, 11) is 1.73. The number of halogens is 1. The van der Waals surface area contributed by atoms with E-state index in [1.807, 2.05) is 25.1 Å². The van der Waals surface area contributed by atoms with E-state index in [0.717, 1.165) is 12.0 Å². The molecule has 120 valence electrons. The highest BCUT2D eigenvalue weighted by molar-refractivity contribution is 5.92. The van der Waals surface area contributed by atoms with Gasteiger partial charge in [0.1, 0.15) is 5.76 Å². The summed E-state index contributed by atoms with van der Waals surface area (Å²) in [5.74, 6) is 0.895. The number of amides is 1. The molecule has 22 heavy (non-hydrogen) atoms. The lowest BCUT2D eigenvalue weighted by molar-refractivity contribution is 0.0717. The molecule has 1 atom stereocenters. The largest absolute Gasteiger partial charge is 0.451 e. The molecule has 0 aliphatic heterocycles. The van der Waals surface area contributed by atoms with E-state index in [4.69, 9.17) is 10.2 Å². The molecule has 4 nitrogen and oxygen atoms in total. The molecule has 2 rings (SSSR count). The summed E-state index contributed by atoms with van der Waals surface area (Å²) in [5.41, 5.74) is 7.84. The van der Waals surface area contributed by atoms with Gasteiger partial charge in [-0.05, 0) is 31.0 Å². The summed E-state index contributed by atoms with van der Waals surface area (Å²) < 4.78 is 5.69. The van der Waals surface area contributed by atoms with Gasteiger partial charge in [0.2, 0.25) is 0 Å². The van der Waals surface area contributed by atoms with Crippen LogP contribution in [0.1, 0.15) is 30.0 Å². The van der Waals surface area contributed by atoms with Crippen LogP contribution in [0.15, 0.2) is 40.8 Å². The number of hydrogen-bond acceptors (Lipinski definition) is 3. The Bertz CT molecular complexity index is 607. The van der Waals surface area contributed by atoms with Gasteiger partial charge in [0.15, 0.2) is 5.76 Å². The van der Waals surface area contributed by atoms with Crippen molar-refractivity contribution in [2.24, 2.45) is 5.73 Å². The Hall–Kier alpha value is -1.78. The summed E-state index contributed by atoms with van der Waals surface area (Å²) in [6.45, 7) is 4.45. The fraction of sp³-hybridized carbons (Fsp3) is 0.353. The molecule has 5 heteroatoms. The molecule has 0 bridgehead atoms. The first-order chi connectivity index (χ1) is 10.1. The van der Waals surface area contributed by atoms with Gasteiger partial charge in [-0.25, -0.2) is 0 Å². The molecule has 1 aromatic heterocycles. The SMILES string of the molecule is CCc1ccc(-c2ccc(C(=O)N(C)C(C)CN)o2)cc1.Cl. The van der Waals surface area contributed by atoms with Crippen molar-refractivity contribution in [1.29, 1.82) is 0 Å². The molecular formula is C17H23ClN2O2. The second-order valence-electron chi connectivity index (χ2n) is 5.22. The van der Waals surface area contributed by atoms with Crippen LogP contribution in [-0.4, -0.2) is 30.4 Å². The van der Waals surface area contributed by atoms with Crippen LogP contribution in [0, 0.1) is 0 Å². The van der Waals surface area contributed by atoms with E-state index in [1.165, 1.54) is 5.56 Å². The highest BCUT2D eigenvalue weighted by Crippen LogP contribution is 2.23. The zero-order valence-electron chi connectivity index (χ0n) is 13.2. The van der Waals surface area contributed by atoms with E-state index < -0.39 is 0 Å². The quantitative estimate of drug-likeness (QED) is 0.918. The third-order valence-corrected chi connectivity index (χ3v) is 3.79. The molecule has 1 amide bonds. The van der Waals surface area contributed by atoms with Crippen LogP contribution in [0.2, 0.25) is 0 Å². The molecule has 0 aliphatic rings. The number of hydrogen-bond donors (Lipinski definition) is 1. The highest BCUT2D eigenvalue weighted by Gasteiger charge is 2.19. The zero-order valence-corrected chi connectivity index (χ0v) is 14.0. The molecule has 2 N–H and O–H groups in total. The minimum absolute atomic E-state index is 0. The van der Waals surface area contributed by atoms with Crippen LogP contribution >= 0.6 is 12.4 Å². The van der Waals surface area contributed by atoms with E-state index in [9.17, 15) is 4.79 Å². The zero-order chi connectivity index (χ0) is 15.4. The van der Waals surface area contributed by atoms with E-state index >= 15 is 0 Å². The van der Waals surface area contributed by atoms with E-state index in [1.54, 1.807) is 18.0 Å². The topological polar surface area (TPSA) is 59.5 Å². The fourth-order valence-electron chi connectivity index (χ4n) is 2.04. The van der Waals surface area contributed by atoms with Crippen molar-refractivity contribution in [1.82, 2.24) is 4.90 Å². The number of benzene rings is 1. The second-order valence-corrected chi connectivity index (χ2v) is 5.22. The molecule has 1 heterocycles. The molecule has 0 fully saturated rings. The third kappa shape index (κ3) is 3.90. The maximum atomic E-state index is 12.3. The Kier molecular flexibility index (Phi) is 6.65. The Balaban J connectivity index is 0.00000242. The van der Waals surface area contributed by atoms with Crippen molar-refractivity contribution in [3.8, 4) is 11.3 Å². The predicted molar refractivity (Wildman–Crippen MR) is 91.4 cm³/mol. The lowest BCUT2D eigenvalue weighted by atomic mass is 10.1. The number of carbonyl (C=O) groups is 1. The number of likely N-dealkylation sites (N-methyl/N-ethyl adjacent to an activating group) is 1. The van der Waals surface area contributed by atoms with Crippen molar-refractivity contribution >= 4 is 18.3 Å². The Morgan fingerprint density at radius 3 is 2.41 bits per heavy atom. The minimum Gasteiger partial charge on any atom is -0.451 e. The normalized spacial score (nSPS) is 11.6. The monoisotopic (exact) mass is 322 g/mol. The number of rotatable bonds is 5. The van der Waals surface area contributed by atoms with Gasteiger partial charge < -0.3 is 15.1 Å². The molecule has 1 aromatic carbocycles. The van der Waals surface area contributed by atoms with Crippen LogP contribution in [0.5, 0.6) is 0 Å². The van der Waals surface area contributed by atoms with Gasteiger partial charge in [0.05, 0.1) is 0 Å². The number of carbonyl (C=O) groups excluding carboxylic acids is 1. The molecular weight excluding hydrogens is 300 g/mol. The maximum Gasteiger partial charge on any atom is 0.289 e. The van der Waals surface area contributed by atoms with Gasteiger partial charge in [-0.15, -0.1) is 12.4 Å². The van der Waals surface area contributed by atoms with Crippen LogP contribution < -0.4 is 5.73 Å². The van der Waals surface area contributed by atoms with Gasteiger partial charge >= 0.3 is 0 Å². The first-order valence-corrected chi connectivity index (χ1v) is 7.23. The van der Waals surface area contributed by atoms with E-state index in [0.29, 0.717) is 18.1 Å². The summed E-state index contributed by atoms with van der Waals surface area (Å²) in [6, 6.07) is 11.7. The van der Waals surface area contributed by atoms with Crippen molar-refractivity contribution in [3.63, 3.8) is 0 Å². The smallest absolute Gasteiger partial charge is 0.289 e. The average Bonchev–Trinajstić information content (AvgIpc) is 3.02. The second kappa shape index (κ2) is 8.01. The molecule has 0 saturated heterocycles. The molecule has 0 radical (unpaired) electrons. The first kappa shape index (κ1) is 18.3. The first-order valence-electron chi connectivity index (χ1n) is 7.23.